The van der Waals surface area contributed by atoms with Gasteiger partial charge in [0.15, 0.2) is 0 Å². The van der Waals surface area contributed by atoms with Crippen molar-refractivity contribution in [2.24, 2.45) is 0 Å². The molecule has 0 aliphatic heterocycles. The maximum Gasteiger partial charge on any atom is 0.119 e. The third kappa shape index (κ3) is 2.49. The highest BCUT2D eigenvalue weighted by molar-refractivity contribution is 5.84. The molecule has 1 N–H and O–H groups in total. The van der Waals surface area contributed by atoms with Crippen molar-refractivity contribution in [2.45, 2.75) is 32.3 Å². The highest BCUT2D eigenvalue weighted by Crippen LogP contribution is 2.29. The molecule has 2 aromatic rings. The van der Waals surface area contributed by atoms with Crippen LogP contribution in [0.15, 0.2) is 36.4 Å². The molecule has 1 atom stereocenters. The van der Waals surface area contributed by atoms with Gasteiger partial charge in [0.05, 0.1) is 12.7 Å². The lowest BCUT2D eigenvalue weighted by Crippen LogP contribution is -2.20. The zero-order valence-electron chi connectivity index (χ0n) is 11.2. The molecule has 2 nitrogen and oxygen atoms in total. The van der Waals surface area contributed by atoms with E-state index in [1.165, 1.54) is 0 Å². The smallest absolute Gasteiger partial charge is 0.119 e. The molecule has 2 heteroatoms. The Labute approximate surface area is 108 Å². The van der Waals surface area contributed by atoms with Gasteiger partial charge in [0.1, 0.15) is 5.75 Å². The number of aliphatic hydroxyl groups is 1. The molecule has 2 aromatic carbocycles. The molecular formula is C16H20O2. The summed E-state index contributed by atoms with van der Waals surface area (Å²) >= 11 is 0. The monoisotopic (exact) mass is 244 g/mol. The number of rotatable bonds is 4. The van der Waals surface area contributed by atoms with Crippen molar-refractivity contribution in [1.29, 1.82) is 0 Å². The Morgan fingerprint density at radius 2 is 1.78 bits per heavy atom. The van der Waals surface area contributed by atoms with Crippen LogP contribution in [0, 0.1) is 0 Å². The minimum Gasteiger partial charge on any atom is -0.497 e. The van der Waals surface area contributed by atoms with Gasteiger partial charge in [-0.3, -0.25) is 0 Å². The summed E-state index contributed by atoms with van der Waals surface area (Å²) in [6, 6.07) is 12.1. The topological polar surface area (TPSA) is 29.5 Å². The van der Waals surface area contributed by atoms with E-state index in [0.717, 1.165) is 34.9 Å². The second-order valence-corrected chi connectivity index (χ2v) is 4.95. The van der Waals surface area contributed by atoms with Crippen LogP contribution in [0.2, 0.25) is 0 Å². The molecule has 0 aliphatic rings. The Kier molecular flexibility index (Phi) is 3.58. The highest BCUT2D eigenvalue weighted by Gasteiger charge is 2.21. The maximum absolute atomic E-state index is 10.4. The van der Waals surface area contributed by atoms with Crippen molar-refractivity contribution >= 4 is 10.8 Å². The molecular weight excluding hydrogens is 224 g/mol. The van der Waals surface area contributed by atoms with Gasteiger partial charge in [0.2, 0.25) is 0 Å². The number of ether oxygens (including phenoxy) is 1. The Morgan fingerprint density at radius 1 is 1.11 bits per heavy atom. The van der Waals surface area contributed by atoms with Crippen LogP contribution in [-0.4, -0.2) is 12.2 Å². The van der Waals surface area contributed by atoms with Crippen molar-refractivity contribution in [2.75, 3.05) is 7.11 Å². The fraction of sp³-hybridized carbons (Fsp3) is 0.375. The summed E-state index contributed by atoms with van der Waals surface area (Å²) in [6.45, 7) is 3.96. The van der Waals surface area contributed by atoms with Gasteiger partial charge in [0.25, 0.3) is 0 Å². The van der Waals surface area contributed by atoms with Crippen molar-refractivity contribution < 1.29 is 9.84 Å². The van der Waals surface area contributed by atoms with E-state index in [0.29, 0.717) is 0 Å². The van der Waals surface area contributed by atoms with Gasteiger partial charge >= 0.3 is 0 Å². The molecule has 0 heterocycles. The summed E-state index contributed by atoms with van der Waals surface area (Å²) in [7, 11) is 1.67. The van der Waals surface area contributed by atoms with Gasteiger partial charge in [-0.05, 0) is 47.9 Å². The van der Waals surface area contributed by atoms with E-state index in [1.54, 1.807) is 7.11 Å². The van der Waals surface area contributed by atoms with E-state index < -0.39 is 5.60 Å². The molecule has 0 aliphatic carbocycles. The van der Waals surface area contributed by atoms with Crippen molar-refractivity contribution in [1.82, 2.24) is 0 Å². The van der Waals surface area contributed by atoms with Crippen LogP contribution in [0.3, 0.4) is 0 Å². The zero-order chi connectivity index (χ0) is 13.2. The summed E-state index contributed by atoms with van der Waals surface area (Å²) in [5.41, 5.74) is 0.227. The Bertz CT molecular complexity index is 544. The average Bonchev–Trinajstić information content (AvgIpc) is 2.37. The predicted octanol–water partition coefficient (Wildman–Crippen LogP) is 3.86. The van der Waals surface area contributed by atoms with Crippen molar-refractivity contribution in [3.8, 4) is 5.75 Å². The number of hydrogen-bond donors (Lipinski definition) is 1. The third-order valence-electron chi connectivity index (χ3n) is 3.41. The van der Waals surface area contributed by atoms with E-state index in [-0.39, 0.29) is 0 Å². The van der Waals surface area contributed by atoms with Crippen molar-refractivity contribution in [3.05, 3.63) is 42.0 Å². The summed E-state index contributed by atoms with van der Waals surface area (Å²) in [5, 5.41) is 12.7. The van der Waals surface area contributed by atoms with Gasteiger partial charge < -0.3 is 9.84 Å². The van der Waals surface area contributed by atoms with Gasteiger partial charge in [-0.2, -0.15) is 0 Å². The van der Waals surface area contributed by atoms with Crippen LogP contribution in [-0.2, 0) is 5.60 Å². The van der Waals surface area contributed by atoms with Crippen LogP contribution in [0.1, 0.15) is 32.3 Å². The first-order valence-electron chi connectivity index (χ1n) is 6.37. The molecule has 96 valence electrons. The number of hydrogen-bond acceptors (Lipinski definition) is 2. The molecule has 18 heavy (non-hydrogen) atoms. The quantitative estimate of drug-likeness (QED) is 0.885. The Balaban J connectivity index is 2.45. The summed E-state index contributed by atoms with van der Waals surface area (Å²) in [4.78, 5) is 0. The average molecular weight is 244 g/mol. The highest BCUT2D eigenvalue weighted by atomic mass is 16.5. The largest absolute Gasteiger partial charge is 0.497 e. The van der Waals surface area contributed by atoms with E-state index >= 15 is 0 Å². The second-order valence-electron chi connectivity index (χ2n) is 4.95. The number of methoxy groups -OCH3 is 1. The summed E-state index contributed by atoms with van der Waals surface area (Å²) < 4.78 is 5.21. The molecule has 0 saturated heterocycles. The minimum absolute atomic E-state index is 0.747. The van der Waals surface area contributed by atoms with E-state index in [9.17, 15) is 5.11 Å². The van der Waals surface area contributed by atoms with E-state index in [1.807, 2.05) is 37.3 Å². The molecule has 0 fully saturated rings. The SMILES string of the molecule is CCC[C@@](C)(O)c1ccc2cc(OC)ccc2c1. The zero-order valence-corrected chi connectivity index (χ0v) is 11.2. The van der Waals surface area contributed by atoms with Gasteiger partial charge in [-0.1, -0.05) is 31.5 Å². The fourth-order valence-electron chi connectivity index (χ4n) is 2.32. The van der Waals surface area contributed by atoms with Crippen LogP contribution in [0.4, 0.5) is 0 Å². The van der Waals surface area contributed by atoms with E-state index in [4.69, 9.17) is 4.74 Å². The maximum atomic E-state index is 10.4. The molecule has 0 bridgehead atoms. The minimum atomic E-state index is -0.747. The fourth-order valence-corrected chi connectivity index (χ4v) is 2.32. The molecule has 2 rings (SSSR count). The van der Waals surface area contributed by atoms with Crippen LogP contribution < -0.4 is 4.74 Å². The number of benzene rings is 2. The first-order chi connectivity index (χ1) is 8.56. The first kappa shape index (κ1) is 12.9. The lowest BCUT2D eigenvalue weighted by Gasteiger charge is -2.23. The lowest BCUT2D eigenvalue weighted by atomic mass is 9.90. The molecule has 0 saturated carbocycles. The standard InChI is InChI=1S/C16H20O2/c1-4-9-16(2,17)14-7-5-13-11-15(18-3)8-6-12(13)10-14/h5-8,10-11,17H,4,9H2,1-3H3/t16-/m1/s1. The molecule has 0 amide bonds. The first-order valence-corrected chi connectivity index (χ1v) is 6.37. The van der Waals surface area contributed by atoms with Crippen LogP contribution in [0.5, 0.6) is 5.75 Å². The lowest BCUT2D eigenvalue weighted by molar-refractivity contribution is 0.0471. The molecule has 0 unspecified atom stereocenters. The van der Waals surface area contributed by atoms with Gasteiger partial charge in [0, 0.05) is 0 Å². The predicted molar refractivity (Wildman–Crippen MR) is 75.0 cm³/mol. The number of fused-ring (bicyclic) bond motifs is 1. The van der Waals surface area contributed by atoms with Crippen LogP contribution in [0.25, 0.3) is 10.8 Å². The summed E-state index contributed by atoms with van der Waals surface area (Å²) in [6.07, 6.45) is 1.74. The Hall–Kier alpha value is -1.54. The second kappa shape index (κ2) is 4.99. The third-order valence-corrected chi connectivity index (χ3v) is 3.41. The molecule has 0 radical (unpaired) electrons. The van der Waals surface area contributed by atoms with Gasteiger partial charge in [-0.25, -0.2) is 0 Å². The molecule has 0 spiro atoms. The normalized spacial score (nSPS) is 14.4. The molecule has 0 aromatic heterocycles. The van der Waals surface area contributed by atoms with Gasteiger partial charge in [-0.15, -0.1) is 0 Å². The van der Waals surface area contributed by atoms with Crippen LogP contribution >= 0.6 is 0 Å². The Morgan fingerprint density at radius 3 is 2.44 bits per heavy atom. The van der Waals surface area contributed by atoms with E-state index in [2.05, 4.69) is 13.0 Å². The van der Waals surface area contributed by atoms with Crippen molar-refractivity contribution in [3.63, 3.8) is 0 Å². The summed E-state index contributed by atoms with van der Waals surface area (Å²) in [5.74, 6) is 0.857.